The molecule has 0 amide bonds. The van der Waals surface area contributed by atoms with Crippen LogP contribution in [0.25, 0.3) is 0 Å². The summed E-state index contributed by atoms with van der Waals surface area (Å²) in [5.74, 6) is -1.84. The van der Waals surface area contributed by atoms with Gasteiger partial charge in [-0.2, -0.15) is 4.72 Å². The molecule has 6 nitrogen and oxygen atoms in total. The summed E-state index contributed by atoms with van der Waals surface area (Å²) >= 11 is 0. The summed E-state index contributed by atoms with van der Waals surface area (Å²) in [4.78, 5) is 10.8. The summed E-state index contributed by atoms with van der Waals surface area (Å²) in [5, 5.41) is 9.00. The van der Waals surface area contributed by atoms with Crippen molar-refractivity contribution in [3.8, 4) is 0 Å². The Morgan fingerprint density at radius 1 is 1.40 bits per heavy atom. The molecule has 0 aromatic heterocycles. The summed E-state index contributed by atoms with van der Waals surface area (Å²) in [6.07, 6.45) is 0.503. The standard InChI is InChI=1S/C12H16FNO5S/c1-19-8-2-3-11(12(15)16)14-20(17,18)10-6-4-9(13)5-7-10/h4-7,11,14H,2-3,8H2,1H3,(H,15,16). The number of nitrogens with one attached hydrogen (secondary N) is 1. The molecule has 1 rings (SSSR count). The van der Waals surface area contributed by atoms with Gasteiger partial charge in [0, 0.05) is 13.7 Å². The summed E-state index contributed by atoms with van der Waals surface area (Å²) < 4.78 is 43.5. The molecule has 0 heterocycles. The first-order chi connectivity index (χ1) is 9.36. The molecule has 2 N–H and O–H groups in total. The van der Waals surface area contributed by atoms with Crippen LogP contribution in [0, 0.1) is 5.82 Å². The quantitative estimate of drug-likeness (QED) is 0.699. The van der Waals surface area contributed by atoms with Gasteiger partial charge in [0.05, 0.1) is 4.90 Å². The van der Waals surface area contributed by atoms with Gasteiger partial charge in [0.2, 0.25) is 10.0 Å². The van der Waals surface area contributed by atoms with Crippen LogP contribution >= 0.6 is 0 Å². The smallest absolute Gasteiger partial charge is 0.321 e. The maximum absolute atomic E-state index is 12.7. The van der Waals surface area contributed by atoms with Gasteiger partial charge in [-0.3, -0.25) is 4.79 Å². The highest BCUT2D eigenvalue weighted by molar-refractivity contribution is 7.89. The molecule has 0 spiro atoms. The van der Waals surface area contributed by atoms with Gasteiger partial charge in [0.15, 0.2) is 0 Å². The van der Waals surface area contributed by atoms with E-state index < -0.39 is 27.9 Å². The molecule has 0 aliphatic carbocycles. The summed E-state index contributed by atoms with van der Waals surface area (Å²) in [6, 6.07) is 2.89. The van der Waals surface area contributed by atoms with Crippen LogP contribution in [-0.4, -0.2) is 39.3 Å². The fourth-order valence-electron chi connectivity index (χ4n) is 1.53. The van der Waals surface area contributed by atoms with Crippen LogP contribution in [0.4, 0.5) is 4.39 Å². The van der Waals surface area contributed by atoms with Gasteiger partial charge >= 0.3 is 5.97 Å². The maximum Gasteiger partial charge on any atom is 0.321 e. The van der Waals surface area contributed by atoms with Crippen molar-refractivity contribution in [2.24, 2.45) is 0 Å². The molecular weight excluding hydrogens is 289 g/mol. The number of methoxy groups -OCH3 is 1. The molecule has 112 valence electrons. The number of carbonyl (C=O) groups is 1. The summed E-state index contributed by atoms with van der Waals surface area (Å²) in [7, 11) is -2.53. The molecule has 1 unspecified atom stereocenters. The van der Waals surface area contributed by atoms with Crippen LogP contribution < -0.4 is 4.72 Å². The van der Waals surface area contributed by atoms with Crippen molar-refractivity contribution in [1.29, 1.82) is 0 Å². The van der Waals surface area contributed by atoms with Crippen molar-refractivity contribution in [1.82, 2.24) is 4.72 Å². The number of hydrogen-bond acceptors (Lipinski definition) is 4. The number of carboxylic acids is 1. The highest BCUT2D eigenvalue weighted by Gasteiger charge is 2.24. The molecule has 0 fully saturated rings. The van der Waals surface area contributed by atoms with Crippen molar-refractivity contribution in [3.63, 3.8) is 0 Å². The van der Waals surface area contributed by atoms with E-state index in [-0.39, 0.29) is 11.3 Å². The van der Waals surface area contributed by atoms with E-state index in [0.29, 0.717) is 13.0 Å². The fraction of sp³-hybridized carbons (Fsp3) is 0.417. The van der Waals surface area contributed by atoms with Gasteiger partial charge in [0.1, 0.15) is 11.9 Å². The van der Waals surface area contributed by atoms with E-state index in [1.165, 1.54) is 7.11 Å². The monoisotopic (exact) mass is 305 g/mol. The molecular formula is C12H16FNO5S. The van der Waals surface area contributed by atoms with Crippen molar-refractivity contribution >= 4 is 16.0 Å². The van der Waals surface area contributed by atoms with Crippen molar-refractivity contribution < 1.29 is 27.4 Å². The lowest BCUT2D eigenvalue weighted by Crippen LogP contribution is -2.40. The Bertz CT molecular complexity index is 543. The highest BCUT2D eigenvalue weighted by atomic mass is 32.2. The van der Waals surface area contributed by atoms with Crippen LogP contribution in [-0.2, 0) is 19.6 Å². The zero-order valence-electron chi connectivity index (χ0n) is 10.9. The van der Waals surface area contributed by atoms with E-state index in [1.807, 2.05) is 0 Å². The van der Waals surface area contributed by atoms with E-state index in [4.69, 9.17) is 9.84 Å². The molecule has 0 bridgehead atoms. The second-order valence-corrected chi connectivity index (χ2v) is 5.82. The van der Waals surface area contributed by atoms with Gasteiger partial charge in [-0.25, -0.2) is 12.8 Å². The summed E-state index contributed by atoms with van der Waals surface area (Å²) in [5.41, 5.74) is 0. The minimum Gasteiger partial charge on any atom is -0.480 e. The summed E-state index contributed by atoms with van der Waals surface area (Å²) in [6.45, 7) is 0.335. The number of halogens is 1. The molecule has 1 atom stereocenters. The Hall–Kier alpha value is -1.51. The maximum atomic E-state index is 12.7. The molecule has 0 aliphatic heterocycles. The van der Waals surface area contributed by atoms with Gasteiger partial charge in [-0.1, -0.05) is 0 Å². The van der Waals surface area contributed by atoms with E-state index in [0.717, 1.165) is 24.3 Å². The Labute approximate surface area is 116 Å². The second-order valence-electron chi connectivity index (χ2n) is 4.10. The zero-order chi connectivity index (χ0) is 15.2. The van der Waals surface area contributed by atoms with E-state index >= 15 is 0 Å². The largest absolute Gasteiger partial charge is 0.480 e. The lowest BCUT2D eigenvalue weighted by atomic mass is 10.2. The van der Waals surface area contributed by atoms with E-state index in [2.05, 4.69) is 4.72 Å². The van der Waals surface area contributed by atoms with Crippen LogP contribution in [0.3, 0.4) is 0 Å². The molecule has 1 aromatic carbocycles. The molecule has 8 heteroatoms. The number of hydrogen-bond donors (Lipinski definition) is 2. The molecule has 1 aromatic rings. The van der Waals surface area contributed by atoms with Gasteiger partial charge in [-0.15, -0.1) is 0 Å². The average molecular weight is 305 g/mol. The number of benzene rings is 1. The lowest BCUT2D eigenvalue weighted by Gasteiger charge is -2.14. The number of aliphatic carboxylic acids is 1. The van der Waals surface area contributed by atoms with Gasteiger partial charge in [-0.05, 0) is 37.1 Å². The molecule has 0 saturated heterocycles. The van der Waals surface area contributed by atoms with E-state index in [1.54, 1.807) is 0 Å². The minimum atomic E-state index is -4.00. The van der Waals surface area contributed by atoms with Gasteiger partial charge in [0.25, 0.3) is 0 Å². The first-order valence-electron chi connectivity index (χ1n) is 5.86. The zero-order valence-corrected chi connectivity index (χ0v) is 11.7. The SMILES string of the molecule is COCCCC(NS(=O)(=O)c1ccc(F)cc1)C(=O)O. The number of sulfonamides is 1. The van der Waals surface area contributed by atoms with Crippen LogP contribution in [0.2, 0.25) is 0 Å². The van der Waals surface area contributed by atoms with Crippen LogP contribution in [0.1, 0.15) is 12.8 Å². The first-order valence-corrected chi connectivity index (χ1v) is 7.35. The average Bonchev–Trinajstić information content (AvgIpc) is 2.38. The Kier molecular flexibility index (Phi) is 6.05. The van der Waals surface area contributed by atoms with E-state index in [9.17, 15) is 17.6 Å². The molecule has 20 heavy (non-hydrogen) atoms. The lowest BCUT2D eigenvalue weighted by molar-refractivity contribution is -0.139. The van der Waals surface area contributed by atoms with Crippen LogP contribution in [0.15, 0.2) is 29.2 Å². The number of ether oxygens (including phenoxy) is 1. The molecule has 0 aliphatic rings. The minimum absolute atomic E-state index is 0.101. The number of rotatable bonds is 8. The predicted octanol–water partition coefficient (Wildman–Crippen LogP) is 0.984. The van der Waals surface area contributed by atoms with Crippen LogP contribution in [0.5, 0.6) is 0 Å². The van der Waals surface area contributed by atoms with Gasteiger partial charge < -0.3 is 9.84 Å². The molecule has 0 saturated carbocycles. The Balaban J connectivity index is 2.80. The predicted molar refractivity (Wildman–Crippen MR) is 69.3 cm³/mol. The van der Waals surface area contributed by atoms with Crippen molar-refractivity contribution in [2.45, 2.75) is 23.8 Å². The first kappa shape index (κ1) is 16.5. The Morgan fingerprint density at radius 3 is 2.50 bits per heavy atom. The third kappa shape index (κ3) is 4.87. The van der Waals surface area contributed by atoms with Crippen molar-refractivity contribution in [2.75, 3.05) is 13.7 Å². The number of carboxylic acid groups (broad SMARTS) is 1. The molecule has 0 radical (unpaired) electrons. The highest BCUT2D eigenvalue weighted by Crippen LogP contribution is 2.11. The third-order valence-electron chi connectivity index (χ3n) is 2.56. The second kappa shape index (κ2) is 7.32. The van der Waals surface area contributed by atoms with Crippen molar-refractivity contribution in [3.05, 3.63) is 30.1 Å². The Morgan fingerprint density at radius 2 is 2.00 bits per heavy atom. The third-order valence-corrected chi connectivity index (χ3v) is 4.05. The normalized spacial score (nSPS) is 13.1. The fourth-order valence-corrected chi connectivity index (χ4v) is 2.76. The topological polar surface area (TPSA) is 92.7 Å².